The standard InChI is InChI=1S/C40H50N14O6S/c1-5-44-29(18-24(3)41)37(57)47-39-46-28-20-26(34(42)55)21-31(60-15-9-10-51-13-16-59-17-14-51)33(28)52(39)11-7-8-12-53-35-32(22-27(23-45-35)36(56)49-43)61-40(53)48-38(58)30-19-25(4)50-54(30)6-2/h7-8,18-23H,5-6,9-17,41,43H2,1-4H3,(H2,42,55)(H,49,56)(H,46,47,57)/b8-7+,24-18-,44-29?,48-40?. The second-order valence-corrected chi connectivity index (χ2v) is 15.0. The van der Waals surface area contributed by atoms with Gasteiger partial charge in [-0.05, 0) is 64.5 Å². The number of ether oxygens (including phenoxy) is 2. The summed E-state index contributed by atoms with van der Waals surface area (Å²) in [6.45, 7) is 12.5. The Morgan fingerprint density at radius 1 is 1.03 bits per heavy atom. The normalized spacial score (nSPS) is 14.3. The molecule has 61 heavy (non-hydrogen) atoms. The predicted octanol–water partition coefficient (Wildman–Crippen LogP) is 2.04. The molecule has 0 radical (unpaired) electrons. The molecule has 1 aromatic carbocycles. The van der Waals surface area contributed by atoms with Gasteiger partial charge >= 0.3 is 0 Å². The van der Waals surface area contributed by atoms with E-state index in [0.717, 1.165) is 19.6 Å². The Kier molecular flexibility index (Phi) is 14.5. The number of carbonyl (C=O) groups is 4. The van der Waals surface area contributed by atoms with Crippen molar-refractivity contribution >= 4 is 68.0 Å². The number of morpholine rings is 1. The fourth-order valence-corrected chi connectivity index (χ4v) is 7.70. The third kappa shape index (κ3) is 10.6. The molecule has 5 heterocycles. The Hall–Kier alpha value is -6.55. The van der Waals surface area contributed by atoms with Crippen LogP contribution in [0.15, 0.2) is 64.4 Å². The zero-order valence-corrected chi connectivity index (χ0v) is 35.3. The van der Waals surface area contributed by atoms with E-state index in [0.29, 0.717) is 88.3 Å². The van der Waals surface area contributed by atoms with Crippen molar-refractivity contribution in [2.24, 2.45) is 27.3 Å². The summed E-state index contributed by atoms with van der Waals surface area (Å²) in [4.78, 5) is 72.8. The van der Waals surface area contributed by atoms with Gasteiger partial charge in [0, 0.05) is 63.3 Å². The lowest BCUT2D eigenvalue weighted by atomic mass is 10.1. The van der Waals surface area contributed by atoms with E-state index < -0.39 is 23.6 Å². The van der Waals surface area contributed by atoms with Crippen LogP contribution in [0.1, 0.15) is 64.1 Å². The average Bonchev–Trinajstić information content (AvgIpc) is 3.92. The van der Waals surface area contributed by atoms with Crippen LogP contribution in [-0.2, 0) is 29.2 Å². The van der Waals surface area contributed by atoms with E-state index in [-0.39, 0.29) is 35.9 Å². The summed E-state index contributed by atoms with van der Waals surface area (Å²) >= 11 is 1.19. The number of hydrazine groups is 1. The molecule has 5 aromatic rings. The van der Waals surface area contributed by atoms with Crippen LogP contribution in [0.2, 0.25) is 0 Å². The first-order valence-electron chi connectivity index (χ1n) is 19.8. The Morgan fingerprint density at radius 2 is 1.79 bits per heavy atom. The van der Waals surface area contributed by atoms with Crippen LogP contribution in [0.3, 0.4) is 0 Å². The molecule has 0 saturated carbocycles. The molecular formula is C40H50N14O6S. The number of amides is 4. The molecule has 1 fully saturated rings. The minimum absolute atomic E-state index is 0.109. The summed E-state index contributed by atoms with van der Waals surface area (Å²) < 4.78 is 17.5. The number of aromatic nitrogens is 6. The maximum absolute atomic E-state index is 13.6. The fourth-order valence-electron chi connectivity index (χ4n) is 6.66. The number of nitrogens with one attached hydrogen (secondary N) is 2. The number of benzene rings is 1. The van der Waals surface area contributed by atoms with E-state index in [2.05, 4.69) is 35.7 Å². The first kappa shape index (κ1) is 44.0. The summed E-state index contributed by atoms with van der Waals surface area (Å²) in [6.07, 6.45) is 7.27. The largest absolute Gasteiger partial charge is 0.491 e. The fraction of sp³-hybridized carbons (Fsp3) is 0.375. The molecule has 21 heteroatoms. The molecule has 0 bridgehead atoms. The molecule has 0 atom stereocenters. The van der Waals surface area contributed by atoms with Crippen LogP contribution >= 0.6 is 11.3 Å². The summed E-state index contributed by atoms with van der Waals surface area (Å²) in [5.74, 6) is 3.68. The van der Waals surface area contributed by atoms with Gasteiger partial charge in [-0.3, -0.25) is 49.1 Å². The molecule has 6 rings (SSSR count). The number of allylic oxidation sites excluding steroid dienone is 3. The number of thiazole rings is 1. The lowest BCUT2D eigenvalue weighted by Crippen LogP contribution is -2.37. The van der Waals surface area contributed by atoms with Gasteiger partial charge < -0.3 is 25.5 Å². The van der Waals surface area contributed by atoms with E-state index >= 15 is 0 Å². The minimum Gasteiger partial charge on any atom is -0.491 e. The van der Waals surface area contributed by atoms with Crippen LogP contribution in [-0.4, -0.2) is 109 Å². The predicted molar refractivity (Wildman–Crippen MR) is 231 cm³/mol. The quantitative estimate of drug-likeness (QED) is 0.0225. The monoisotopic (exact) mass is 854 g/mol. The average molecular weight is 855 g/mol. The van der Waals surface area contributed by atoms with Crippen LogP contribution in [0.25, 0.3) is 21.4 Å². The number of rotatable bonds is 17. The molecule has 8 N–H and O–H groups in total. The van der Waals surface area contributed by atoms with Crippen molar-refractivity contribution in [3.8, 4) is 5.75 Å². The molecular weight excluding hydrogens is 805 g/mol. The number of nitrogens with two attached hydrogens (primary N) is 3. The lowest BCUT2D eigenvalue weighted by molar-refractivity contribution is -0.110. The van der Waals surface area contributed by atoms with Crippen molar-refractivity contribution in [3.05, 3.63) is 81.7 Å². The summed E-state index contributed by atoms with van der Waals surface area (Å²) in [5.41, 5.74) is 17.1. The highest BCUT2D eigenvalue weighted by Gasteiger charge is 2.22. The van der Waals surface area contributed by atoms with E-state index in [9.17, 15) is 19.2 Å². The summed E-state index contributed by atoms with van der Waals surface area (Å²) in [6, 6.07) is 6.44. The number of hydrogen-bond acceptors (Lipinski definition) is 14. The zero-order valence-electron chi connectivity index (χ0n) is 34.5. The molecule has 20 nitrogen and oxygen atoms in total. The zero-order chi connectivity index (χ0) is 43.6. The Labute approximate surface area is 354 Å². The number of anilines is 1. The smallest absolute Gasteiger partial charge is 0.297 e. The van der Waals surface area contributed by atoms with Gasteiger partial charge in [0.2, 0.25) is 11.9 Å². The van der Waals surface area contributed by atoms with Crippen molar-refractivity contribution in [2.75, 3.05) is 51.3 Å². The maximum Gasteiger partial charge on any atom is 0.297 e. The third-order valence-corrected chi connectivity index (χ3v) is 10.5. The number of aliphatic imine (C=N–C) groups is 1. The van der Waals surface area contributed by atoms with Crippen molar-refractivity contribution in [1.82, 2.24) is 39.2 Å². The molecule has 4 aromatic heterocycles. The van der Waals surface area contributed by atoms with Crippen molar-refractivity contribution < 1.29 is 28.7 Å². The number of primary amides is 1. The summed E-state index contributed by atoms with van der Waals surface area (Å²) in [5, 5.41) is 7.26. The molecule has 1 aliphatic heterocycles. The van der Waals surface area contributed by atoms with Crippen molar-refractivity contribution in [1.29, 1.82) is 0 Å². The molecule has 1 aliphatic rings. The van der Waals surface area contributed by atoms with E-state index in [1.165, 1.54) is 23.6 Å². The number of hydrogen-bond donors (Lipinski definition) is 5. The number of nitrogens with zero attached hydrogens (tertiary/aromatic N) is 9. The van der Waals surface area contributed by atoms with Crippen LogP contribution in [0.5, 0.6) is 5.75 Å². The molecule has 0 spiro atoms. The molecule has 1 saturated heterocycles. The first-order chi connectivity index (χ1) is 29.4. The summed E-state index contributed by atoms with van der Waals surface area (Å²) in [7, 11) is 0. The molecule has 0 unspecified atom stereocenters. The highest BCUT2D eigenvalue weighted by atomic mass is 32.1. The molecule has 4 amide bonds. The molecule has 322 valence electrons. The minimum atomic E-state index is -0.667. The van der Waals surface area contributed by atoms with E-state index in [1.807, 2.05) is 19.1 Å². The Balaban J connectivity index is 1.38. The lowest BCUT2D eigenvalue weighted by Gasteiger charge is -2.26. The van der Waals surface area contributed by atoms with Gasteiger partial charge in [-0.2, -0.15) is 10.1 Å². The number of fused-ring (bicyclic) bond motifs is 2. The number of nitrogen functional groups attached to an aromatic ring is 1. The van der Waals surface area contributed by atoms with Crippen molar-refractivity contribution in [2.45, 2.75) is 53.8 Å². The molecule has 0 aliphatic carbocycles. The SMILES string of the molecule is CCN=C(/C=C(/C)N)C(=O)Nc1nc2cc(C(N)=O)cc(OCCCN3CCOCC3)c2n1C/C=C/Cn1c(=NC(=O)c2cc(C)nn2CC)sc2cc(C(=O)NN)cnc21. The van der Waals surface area contributed by atoms with Crippen LogP contribution < -0.4 is 37.6 Å². The second-order valence-electron chi connectivity index (χ2n) is 14.0. The first-order valence-corrected chi connectivity index (χ1v) is 20.6. The topological polar surface area (TPSA) is 270 Å². The van der Waals surface area contributed by atoms with Crippen molar-refractivity contribution in [3.63, 3.8) is 0 Å². The van der Waals surface area contributed by atoms with Crippen LogP contribution in [0.4, 0.5) is 5.95 Å². The van der Waals surface area contributed by atoms with Gasteiger partial charge in [-0.1, -0.05) is 23.5 Å². The van der Waals surface area contributed by atoms with Gasteiger partial charge in [0.15, 0.2) is 10.4 Å². The van der Waals surface area contributed by atoms with Gasteiger partial charge in [0.05, 0.1) is 41.3 Å². The van der Waals surface area contributed by atoms with Gasteiger partial charge in [-0.25, -0.2) is 15.8 Å². The van der Waals surface area contributed by atoms with E-state index in [1.54, 1.807) is 58.9 Å². The van der Waals surface area contributed by atoms with Gasteiger partial charge in [-0.15, -0.1) is 0 Å². The maximum atomic E-state index is 13.6. The third-order valence-electron chi connectivity index (χ3n) is 9.50. The number of imidazole rings is 1. The highest BCUT2D eigenvalue weighted by molar-refractivity contribution is 7.16. The second kappa shape index (κ2) is 20.1. The van der Waals surface area contributed by atoms with Gasteiger partial charge in [0.1, 0.15) is 22.7 Å². The number of pyridine rings is 1. The van der Waals surface area contributed by atoms with E-state index in [4.69, 9.17) is 31.8 Å². The Bertz CT molecular complexity index is 2610. The van der Waals surface area contributed by atoms with Crippen LogP contribution in [0, 0.1) is 6.92 Å². The number of carbonyl (C=O) groups excluding carboxylic acids is 4. The highest BCUT2D eigenvalue weighted by Crippen LogP contribution is 2.31. The number of aryl methyl sites for hydroxylation is 2. The Morgan fingerprint density at radius 3 is 2.48 bits per heavy atom. The van der Waals surface area contributed by atoms with Gasteiger partial charge in [0.25, 0.3) is 17.7 Å².